The van der Waals surface area contributed by atoms with Crippen molar-refractivity contribution in [3.05, 3.63) is 66.4 Å². The van der Waals surface area contributed by atoms with Crippen LogP contribution in [0.3, 0.4) is 0 Å². The van der Waals surface area contributed by atoms with E-state index in [1.807, 2.05) is 33.1 Å². The molecular weight excluding hydrogens is 412 g/mol. The van der Waals surface area contributed by atoms with E-state index in [1.165, 1.54) is 16.3 Å². The zero-order chi connectivity index (χ0) is 22.8. The molecule has 0 amide bonds. The third-order valence-electron chi connectivity index (χ3n) is 3.68. The van der Waals surface area contributed by atoms with Crippen LogP contribution in [0.2, 0.25) is 0 Å². The van der Waals surface area contributed by atoms with Crippen LogP contribution in [0.5, 0.6) is 5.75 Å². The molecule has 0 aliphatic rings. The summed E-state index contributed by atoms with van der Waals surface area (Å²) in [5, 5.41) is 17.3. The lowest BCUT2D eigenvalue weighted by Gasteiger charge is -2.06. The van der Waals surface area contributed by atoms with E-state index < -0.39 is 0 Å². The van der Waals surface area contributed by atoms with Crippen LogP contribution in [0.1, 0.15) is 26.3 Å². The Morgan fingerprint density at radius 2 is 2.00 bits per heavy atom. The van der Waals surface area contributed by atoms with Crippen LogP contribution in [-0.2, 0) is 0 Å². The second kappa shape index (κ2) is 11.4. The molecule has 0 saturated heterocycles. The van der Waals surface area contributed by atoms with Gasteiger partial charge >= 0.3 is 0 Å². The molecule has 3 heterocycles. The summed E-state index contributed by atoms with van der Waals surface area (Å²) in [6, 6.07) is 5.62. The number of ether oxygens (including phenoxy) is 1. The van der Waals surface area contributed by atoms with E-state index in [2.05, 4.69) is 38.0 Å². The number of rotatable bonds is 7. The number of anilines is 2. The maximum Gasteiger partial charge on any atom is 0.225 e. The van der Waals surface area contributed by atoms with Crippen LogP contribution in [0.15, 0.2) is 65.9 Å². The summed E-state index contributed by atoms with van der Waals surface area (Å²) in [5.74, 6) is 1.72. The normalized spacial score (nSPS) is 11.0. The molecule has 0 fully saturated rings. The fourth-order valence-corrected chi connectivity index (χ4v) is 2.69. The molecular formula is C21H24N8OS. The lowest BCUT2D eigenvalue weighted by molar-refractivity contribution is 0.442. The Hall–Kier alpha value is -3.84. The first-order chi connectivity index (χ1) is 15.0. The van der Waals surface area contributed by atoms with Gasteiger partial charge in [0.15, 0.2) is 16.6 Å². The van der Waals surface area contributed by atoms with Crippen LogP contribution in [0.25, 0.3) is 5.65 Å². The van der Waals surface area contributed by atoms with Crippen molar-refractivity contribution in [2.24, 2.45) is 0 Å². The average Bonchev–Trinajstić information content (AvgIpc) is 3.15. The van der Waals surface area contributed by atoms with E-state index >= 15 is 0 Å². The molecule has 0 aliphatic heterocycles. The first-order valence-corrected chi connectivity index (χ1v) is 10.7. The molecule has 3 rings (SSSR count). The van der Waals surface area contributed by atoms with Crippen molar-refractivity contribution in [2.45, 2.75) is 25.9 Å². The molecule has 0 saturated carbocycles. The van der Waals surface area contributed by atoms with E-state index in [9.17, 15) is 5.26 Å². The molecule has 0 radical (unpaired) electrons. The summed E-state index contributed by atoms with van der Waals surface area (Å²) in [6.45, 7) is 9.80. The Balaban J connectivity index is 0.00000166. The number of nitrogens with two attached hydrogens (primary N) is 1. The molecule has 3 aromatic rings. The van der Waals surface area contributed by atoms with Crippen molar-refractivity contribution in [3.63, 3.8) is 0 Å². The van der Waals surface area contributed by atoms with E-state index in [1.54, 1.807) is 36.7 Å². The lowest BCUT2D eigenvalue weighted by Crippen LogP contribution is -2.05. The Morgan fingerprint density at radius 1 is 1.29 bits per heavy atom. The van der Waals surface area contributed by atoms with Crippen molar-refractivity contribution in [1.29, 1.82) is 5.26 Å². The van der Waals surface area contributed by atoms with Gasteiger partial charge in [0, 0.05) is 18.1 Å². The number of nitrogen functional groups attached to an aromatic ring is 1. The highest BCUT2D eigenvalue weighted by molar-refractivity contribution is 7.98. The summed E-state index contributed by atoms with van der Waals surface area (Å²) in [7, 11) is 0. The Kier molecular flexibility index (Phi) is 8.60. The summed E-state index contributed by atoms with van der Waals surface area (Å²) in [6.07, 6.45) is 10.4. The number of fused-ring (bicyclic) bond motifs is 1. The van der Waals surface area contributed by atoms with Crippen molar-refractivity contribution < 1.29 is 4.74 Å². The van der Waals surface area contributed by atoms with E-state index in [4.69, 9.17) is 10.5 Å². The fourth-order valence-electron chi connectivity index (χ4n) is 2.32. The van der Waals surface area contributed by atoms with Crippen molar-refractivity contribution >= 4 is 29.2 Å². The molecule has 31 heavy (non-hydrogen) atoms. The molecule has 3 N–H and O–H groups in total. The third kappa shape index (κ3) is 5.83. The number of hydrogen-bond donors (Lipinski definition) is 2. The maximum atomic E-state index is 9.56. The fraction of sp³-hybridized carbons (Fsp3) is 0.190. The monoisotopic (exact) mass is 436 g/mol. The van der Waals surface area contributed by atoms with E-state index in [0.717, 1.165) is 0 Å². The molecule has 10 heteroatoms. The van der Waals surface area contributed by atoms with Gasteiger partial charge in [-0.05, 0) is 43.5 Å². The number of hydrogen-bond acceptors (Lipinski definition) is 9. The minimum Gasteiger partial charge on any atom is -0.458 e. The molecule has 160 valence electrons. The Morgan fingerprint density at radius 3 is 2.61 bits per heavy atom. The van der Waals surface area contributed by atoms with Gasteiger partial charge < -0.3 is 15.8 Å². The van der Waals surface area contributed by atoms with Gasteiger partial charge in [-0.1, -0.05) is 32.2 Å². The van der Waals surface area contributed by atoms with E-state index in [-0.39, 0.29) is 11.5 Å². The van der Waals surface area contributed by atoms with Crippen molar-refractivity contribution in [1.82, 2.24) is 24.6 Å². The summed E-state index contributed by atoms with van der Waals surface area (Å²) in [5.41, 5.74) is 7.01. The van der Waals surface area contributed by atoms with Gasteiger partial charge in [0.2, 0.25) is 5.95 Å². The third-order valence-corrected chi connectivity index (χ3v) is 4.23. The average molecular weight is 437 g/mol. The summed E-state index contributed by atoms with van der Waals surface area (Å²) < 4.78 is 7.08. The van der Waals surface area contributed by atoms with Gasteiger partial charge in [0.1, 0.15) is 23.1 Å². The van der Waals surface area contributed by atoms with Crippen molar-refractivity contribution in [3.8, 4) is 11.8 Å². The number of pyridine rings is 1. The van der Waals surface area contributed by atoms with Crippen LogP contribution in [0, 0.1) is 11.3 Å². The highest BCUT2D eigenvalue weighted by Gasteiger charge is 2.17. The zero-order valence-electron chi connectivity index (χ0n) is 17.8. The zero-order valence-corrected chi connectivity index (χ0v) is 18.6. The first-order valence-electron chi connectivity index (χ1n) is 9.44. The van der Waals surface area contributed by atoms with Gasteiger partial charge in [-0.2, -0.15) is 14.8 Å². The predicted molar refractivity (Wildman–Crippen MR) is 124 cm³/mol. The number of aromatic nitrogens is 5. The van der Waals surface area contributed by atoms with Crippen molar-refractivity contribution in [2.75, 3.05) is 17.3 Å². The highest BCUT2D eigenvalue weighted by atomic mass is 32.2. The standard InChI is InChI=1S/C19H18N8OS.C2H6/c1-4-13(28-14-7-9-22-10-8-14)6-5-12(2)23-16-15(11-20)17-24-19(29-3)25-18(21)27(17)26-16;1-2/h4-10H,2H2,1,3H3,(H,23,26)(H2,21,24,25);1-2H3/b6-5-,13-4+;. The lowest BCUT2D eigenvalue weighted by atomic mass is 10.3. The van der Waals surface area contributed by atoms with Gasteiger partial charge in [-0.25, -0.2) is 4.98 Å². The molecule has 0 spiro atoms. The number of nitrogens with zero attached hydrogens (tertiary/aromatic N) is 6. The molecule has 0 bridgehead atoms. The second-order valence-corrected chi connectivity index (χ2v) is 6.37. The maximum absolute atomic E-state index is 9.56. The minimum absolute atomic E-state index is 0.145. The SMILES string of the molecule is C=C(/C=C\C(=C/C)Oc1ccncc1)Nc1nn2c(N)nc(SC)nc2c1C#N.CC. The van der Waals surface area contributed by atoms with Crippen LogP contribution in [0.4, 0.5) is 11.8 Å². The molecule has 0 aromatic carbocycles. The minimum atomic E-state index is 0.145. The number of nitrogens with one attached hydrogen (secondary N) is 1. The van der Waals surface area contributed by atoms with Crippen LogP contribution < -0.4 is 15.8 Å². The first kappa shape index (κ1) is 23.4. The molecule has 0 aliphatic carbocycles. The summed E-state index contributed by atoms with van der Waals surface area (Å²) in [4.78, 5) is 12.4. The van der Waals surface area contributed by atoms with Crippen LogP contribution >= 0.6 is 11.8 Å². The topological polar surface area (TPSA) is 127 Å². The highest BCUT2D eigenvalue weighted by Crippen LogP contribution is 2.23. The summed E-state index contributed by atoms with van der Waals surface area (Å²) >= 11 is 1.33. The van der Waals surface area contributed by atoms with Gasteiger partial charge in [0.25, 0.3) is 0 Å². The number of allylic oxidation sites excluding steroid dienone is 3. The quantitative estimate of drug-likeness (QED) is 0.318. The van der Waals surface area contributed by atoms with Gasteiger partial charge in [-0.15, -0.1) is 5.10 Å². The number of thioether (sulfide) groups is 1. The Bertz CT molecular complexity index is 1150. The molecule has 9 nitrogen and oxygen atoms in total. The molecule has 3 aromatic heterocycles. The van der Waals surface area contributed by atoms with Gasteiger partial charge in [0.05, 0.1) is 0 Å². The van der Waals surface area contributed by atoms with E-state index in [0.29, 0.717) is 33.8 Å². The van der Waals surface area contributed by atoms with Crippen LogP contribution in [-0.4, -0.2) is 30.8 Å². The molecule has 0 atom stereocenters. The second-order valence-electron chi connectivity index (χ2n) is 5.60. The largest absolute Gasteiger partial charge is 0.458 e. The molecule has 0 unspecified atom stereocenters. The number of nitriles is 1. The predicted octanol–water partition coefficient (Wildman–Crippen LogP) is 4.19. The van der Waals surface area contributed by atoms with Gasteiger partial charge in [-0.3, -0.25) is 4.98 Å². The Labute approximate surface area is 185 Å². The smallest absolute Gasteiger partial charge is 0.225 e.